The van der Waals surface area contributed by atoms with Crippen molar-refractivity contribution >= 4 is 5.78 Å². The molecule has 18 heavy (non-hydrogen) atoms. The highest BCUT2D eigenvalue weighted by atomic mass is 16.5. The number of hydrogen-bond donors (Lipinski definition) is 1. The van der Waals surface area contributed by atoms with Crippen LogP contribution < -0.4 is 10.1 Å². The standard InChI is InChI=1S/C15H23NO2/c1-3-4-5-14-6-8-15(9-7-14)18-11-10-16-12-13(2)17/h6-9,16H,3-5,10-12H2,1-2H3. The van der Waals surface area contributed by atoms with Gasteiger partial charge >= 0.3 is 0 Å². The number of unbranched alkanes of at least 4 members (excludes halogenated alkanes) is 1. The van der Waals surface area contributed by atoms with Crippen molar-refractivity contribution in [2.45, 2.75) is 33.1 Å². The predicted molar refractivity (Wildman–Crippen MR) is 74.1 cm³/mol. The lowest BCUT2D eigenvalue weighted by molar-refractivity contribution is -0.116. The number of ketones is 1. The minimum absolute atomic E-state index is 0.148. The molecule has 0 aliphatic carbocycles. The number of carbonyl (C=O) groups is 1. The molecule has 3 nitrogen and oxygen atoms in total. The molecule has 0 spiro atoms. The lowest BCUT2D eigenvalue weighted by Crippen LogP contribution is -2.25. The summed E-state index contributed by atoms with van der Waals surface area (Å²) < 4.78 is 5.57. The van der Waals surface area contributed by atoms with E-state index >= 15 is 0 Å². The normalized spacial score (nSPS) is 10.3. The highest BCUT2D eigenvalue weighted by Crippen LogP contribution is 2.13. The molecule has 1 N–H and O–H groups in total. The van der Waals surface area contributed by atoms with Crippen LogP contribution in [0.3, 0.4) is 0 Å². The van der Waals surface area contributed by atoms with Gasteiger partial charge in [0.05, 0.1) is 6.54 Å². The van der Waals surface area contributed by atoms with Gasteiger partial charge in [-0.25, -0.2) is 0 Å². The van der Waals surface area contributed by atoms with E-state index < -0.39 is 0 Å². The second-order valence-electron chi connectivity index (χ2n) is 4.47. The van der Waals surface area contributed by atoms with Gasteiger partial charge in [0.2, 0.25) is 0 Å². The van der Waals surface area contributed by atoms with Crippen molar-refractivity contribution in [3.63, 3.8) is 0 Å². The van der Waals surface area contributed by atoms with Gasteiger partial charge in [-0.1, -0.05) is 25.5 Å². The lowest BCUT2D eigenvalue weighted by Gasteiger charge is -2.07. The Labute approximate surface area is 110 Å². The summed E-state index contributed by atoms with van der Waals surface area (Å²) in [5, 5.41) is 3.02. The van der Waals surface area contributed by atoms with Crippen LogP contribution in [0.1, 0.15) is 32.3 Å². The summed E-state index contributed by atoms with van der Waals surface area (Å²) in [5.41, 5.74) is 1.36. The zero-order valence-corrected chi connectivity index (χ0v) is 11.4. The van der Waals surface area contributed by atoms with Crippen LogP contribution in [0.2, 0.25) is 0 Å². The molecule has 0 heterocycles. The lowest BCUT2D eigenvalue weighted by atomic mass is 10.1. The molecule has 1 aromatic rings. The second kappa shape index (κ2) is 8.70. The summed E-state index contributed by atoms with van der Waals surface area (Å²) in [6.07, 6.45) is 3.59. The Hall–Kier alpha value is -1.35. The Morgan fingerprint density at radius 1 is 1.28 bits per heavy atom. The fourth-order valence-corrected chi connectivity index (χ4v) is 1.64. The summed E-state index contributed by atoms with van der Waals surface area (Å²) in [5.74, 6) is 1.04. The zero-order chi connectivity index (χ0) is 13.2. The fraction of sp³-hybridized carbons (Fsp3) is 0.533. The Kier molecular flexibility index (Phi) is 7.11. The van der Waals surface area contributed by atoms with Crippen LogP contribution in [-0.4, -0.2) is 25.5 Å². The Morgan fingerprint density at radius 3 is 2.61 bits per heavy atom. The van der Waals surface area contributed by atoms with Crippen molar-refractivity contribution in [1.82, 2.24) is 5.32 Å². The summed E-state index contributed by atoms with van der Waals surface area (Å²) >= 11 is 0. The number of ether oxygens (including phenoxy) is 1. The third kappa shape index (κ3) is 6.40. The molecule has 0 fully saturated rings. The van der Waals surface area contributed by atoms with Gasteiger partial charge in [0.25, 0.3) is 0 Å². The maximum atomic E-state index is 10.7. The molecule has 0 saturated heterocycles. The largest absolute Gasteiger partial charge is 0.492 e. The van der Waals surface area contributed by atoms with E-state index in [-0.39, 0.29) is 5.78 Å². The molecular weight excluding hydrogens is 226 g/mol. The van der Waals surface area contributed by atoms with Crippen LogP contribution in [0.5, 0.6) is 5.75 Å². The van der Waals surface area contributed by atoms with Gasteiger partial charge in [0, 0.05) is 6.54 Å². The summed E-state index contributed by atoms with van der Waals surface area (Å²) in [4.78, 5) is 10.7. The molecule has 0 saturated carbocycles. The maximum Gasteiger partial charge on any atom is 0.143 e. The minimum atomic E-state index is 0.148. The fourth-order valence-electron chi connectivity index (χ4n) is 1.64. The van der Waals surface area contributed by atoms with E-state index in [1.54, 1.807) is 6.92 Å². The topological polar surface area (TPSA) is 38.3 Å². The number of nitrogens with one attached hydrogen (secondary N) is 1. The van der Waals surface area contributed by atoms with Gasteiger partial charge in [-0.05, 0) is 37.5 Å². The summed E-state index contributed by atoms with van der Waals surface area (Å²) in [6, 6.07) is 8.26. The van der Waals surface area contributed by atoms with Gasteiger partial charge in [-0.2, -0.15) is 0 Å². The Morgan fingerprint density at radius 2 is 2.00 bits per heavy atom. The molecule has 0 radical (unpaired) electrons. The summed E-state index contributed by atoms with van der Waals surface area (Å²) in [6.45, 7) is 5.46. The molecular formula is C15H23NO2. The second-order valence-corrected chi connectivity index (χ2v) is 4.47. The smallest absolute Gasteiger partial charge is 0.143 e. The number of benzene rings is 1. The van der Waals surface area contributed by atoms with E-state index in [0.717, 1.165) is 12.2 Å². The third-order valence-corrected chi connectivity index (χ3v) is 2.66. The molecule has 3 heteroatoms. The molecule has 0 aliphatic rings. The average Bonchev–Trinajstić information content (AvgIpc) is 2.37. The van der Waals surface area contributed by atoms with Gasteiger partial charge in [0.1, 0.15) is 18.1 Å². The predicted octanol–water partition coefficient (Wildman–Crippen LogP) is 2.59. The van der Waals surface area contributed by atoms with Crippen LogP contribution in [0.15, 0.2) is 24.3 Å². The van der Waals surface area contributed by atoms with Crippen LogP contribution in [0.4, 0.5) is 0 Å². The van der Waals surface area contributed by atoms with Crippen molar-refractivity contribution in [3.05, 3.63) is 29.8 Å². The first-order chi connectivity index (χ1) is 8.72. The average molecular weight is 249 g/mol. The maximum absolute atomic E-state index is 10.7. The van der Waals surface area contributed by atoms with Gasteiger partial charge in [0.15, 0.2) is 0 Å². The van der Waals surface area contributed by atoms with Gasteiger partial charge in [-0.15, -0.1) is 0 Å². The number of aryl methyl sites for hydroxylation is 1. The molecule has 1 rings (SSSR count). The molecule has 0 aliphatic heterocycles. The monoisotopic (exact) mass is 249 g/mol. The molecule has 0 amide bonds. The third-order valence-electron chi connectivity index (χ3n) is 2.66. The summed E-state index contributed by atoms with van der Waals surface area (Å²) in [7, 11) is 0. The first-order valence-corrected chi connectivity index (χ1v) is 6.64. The first kappa shape index (κ1) is 14.7. The molecule has 0 bridgehead atoms. The SMILES string of the molecule is CCCCc1ccc(OCCNCC(C)=O)cc1. The van der Waals surface area contributed by atoms with E-state index in [0.29, 0.717) is 19.7 Å². The number of Topliss-reactive ketones (excluding diaryl/α,β-unsaturated/α-hetero) is 1. The Bertz CT molecular complexity index is 346. The van der Waals surface area contributed by atoms with E-state index in [9.17, 15) is 4.79 Å². The highest BCUT2D eigenvalue weighted by Gasteiger charge is 1.96. The quantitative estimate of drug-likeness (QED) is 0.684. The van der Waals surface area contributed by atoms with Crippen molar-refractivity contribution in [1.29, 1.82) is 0 Å². The number of carbonyl (C=O) groups excluding carboxylic acids is 1. The van der Waals surface area contributed by atoms with Crippen molar-refractivity contribution in [3.8, 4) is 5.75 Å². The van der Waals surface area contributed by atoms with E-state index in [1.807, 2.05) is 12.1 Å². The van der Waals surface area contributed by atoms with Crippen LogP contribution in [0.25, 0.3) is 0 Å². The van der Waals surface area contributed by atoms with Crippen molar-refractivity contribution in [2.24, 2.45) is 0 Å². The first-order valence-electron chi connectivity index (χ1n) is 6.64. The van der Waals surface area contributed by atoms with Crippen LogP contribution in [0, 0.1) is 0 Å². The molecule has 1 aromatic carbocycles. The Balaban J connectivity index is 2.20. The number of hydrogen-bond acceptors (Lipinski definition) is 3. The molecule has 0 unspecified atom stereocenters. The van der Waals surface area contributed by atoms with Crippen molar-refractivity contribution < 1.29 is 9.53 Å². The van der Waals surface area contributed by atoms with E-state index in [1.165, 1.54) is 18.4 Å². The molecule has 0 aromatic heterocycles. The minimum Gasteiger partial charge on any atom is -0.492 e. The van der Waals surface area contributed by atoms with Gasteiger partial charge in [-0.3, -0.25) is 4.79 Å². The van der Waals surface area contributed by atoms with Crippen LogP contribution in [-0.2, 0) is 11.2 Å². The van der Waals surface area contributed by atoms with E-state index in [4.69, 9.17) is 4.74 Å². The van der Waals surface area contributed by atoms with Crippen LogP contribution >= 0.6 is 0 Å². The number of rotatable bonds is 9. The van der Waals surface area contributed by atoms with Gasteiger partial charge < -0.3 is 10.1 Å². The van der Waals surface area contributed by atoms with Crippen molar-refractivity contribution in [2.75, 3.05) is 19.7 Å². The molecule has 0 atom stereocenters. The zero-order valence-electron chi connectivity index (χ0n) is 11.4. The molecule has 100 valence electrons. The van der Waals surface area contributed by atoms with E-state index in [2.05, 4.69) is 24.4 Å². The highest BCUT2D eigenvalue weighted by molar-refractivity contribution is 5.77.